The SMILES string of the molecule is Cc1ccc(CC2(C)C=C(O[Si](C)(C)C)CC2)cc1. The number of rotatable bonds is 4. The fraction of sp³-hybridized carbons (Fsp3) is 0.529. The molecule has 0 amide bonds. The van der Waals surface area contributed by atoms with Gasteiger partial charge < -0.3 is 4.43 Å². The predicted octanol–water partition coefficient (Wildman–Crippen LogP) is 5.07. The van der Waals surface area contributed by atoms with E-state index >= 15 is 0 Å². The summed E-state index contributed by atoms with van der Waals surface area (Å²) in [6.45, 7) is 11.3. The Hall–Kier alpha value is -1.02. The van der Waals surface area contributed by atoms with E-state index in [4.69, 9.17) is 4.43 Å². The molecule has 1 aliphatic carbocycles. The van der Waals surface area contributed by atoms with Gasteiger partial charge in [0.1, 0.15) is 0 Å². The average molecular weight is 274 g/mol. The summed E-state index contributed by atoms with van der Waals surface area (Å²) in [4.78, 5) is 0. The van der Waals surface area contributed by atoms with Crippen molar-refractivity contribution in [3.05, 3.63) is 47.2 Å². The molecule has 0 aliphatic heterocycles. The van der Waals surface area contributed by atoms with E-state index in [9.17, 15) is 0 Å². The summed E-state index contributed by atoms with van der Waals surface area (Å²) in [6, 6.07) is 8.92. The number of hydrogen-bond acceptors (Lipinski definition) is 1. The Balaban J connectivity index is 2.06. The van der Waals surface area contributed by atoms with Crippen LogP contribution in [0.2, 0.25) is 19.6 Å². The highest BCUT2D eigenvalue weighted by molar-refractivity contribution is 6.70. The first kappa shape index (κ1) is 14.4. The topological polar surface area (TPSA) is 9.23 Å². The van der Waals surface area contributed by atoms with Gasteiger partial charge in [-0.25, -0.2) is 0 Å². The lowest BCUT2D eigenvalue weighted by Crippen LogP contribution is -2.24. The standard InChI is InChI=1S/C17H26OSi/c1-14-6-8-15(9-7-14)12-17(2)11-10-16(13-17)18-19(3,4)5/h6-9,13H,10-12H2,1-5H3. The van der Waals surface area contributed by atoms with E-state index in [1.54, 1.807) is 0 Å². The molecule has 1 atom stereocenters. The van der Waals surface area contributed by atoms with Gasteiger partial charge in [0.05, 0.1) is 5.76 Å². The first-order valence-corrected chi connectivity index (χ1v) is 10.6. The van der Waals surface area contributed by atoms with Crippen molar-refractivity contribution in [2.24, 2.45) is 5.41 Å². The highest BCUT2D eigenvalue weighted by atomic mass is 28.4. The van der Waals surface area contributed by atoms with Crippen molar-refractivity contribution in [1.82, 2.24) is 0 Å². The van der Waals surface area contributed by atoms with Gasteiger partial charge in [-0.05, 0) is 56.5 Å². The minimum Gasteiger partial charge on any atom is -0.548 e. The third kappa shape index (κ3) is 4.24. The lowest BCUT2D eigenvalue weighted by Gasteiger charge is -2.21. The first-order chi connectivity index (χ1) is 8.76. The molecule has 1 aromatic carbocycles. The minimum absolute atomic E-state index is 0.268. The molecule has 0 heterocycles. The highest BCUT2D eigenvalue weighted by Gasteiger charge is 2.31. The van der Waals surface area contributed by atoms with E-state index < -0.39 is 8.32 Å². The van der Waals surface area contributed by atoms with Gasteiger partial charge in [-0.15, -0.1) is 0 Å². The van der Waals surface area contributed by atoms with E-state index in [0.29, 0.717) is 0 Å². The zero-order valence-corrected chi connectivity index (χ0v) is 13.9. The molecule has 0 spiro atoms. The van der Waals surface area contributed by atoms with Crippen LogP contribution in [0.5, 0.6) is 0 Å². The second-order valence-corrected chi connectivity index (χ2v) is 11.6. The molecule has 19 heavy (non-hydrogen) atoms. The molecular formula is C17H26OSi. The van der Waals surface area contributed by atoms with Gasteiger partial charge in [0.2, 0.25) is 8.32 Å². The van der Waals surface area contributed by atoms with Crippen molar-refractivity contribution in [3.63, 3.8) is 0 Å². The summed E-state index contributed by atoms with van der Waals surface area (Å²) in [5.41, 5.74) is 3.03. The molecule has 1 aromatic rings. The smallest absolute Gasteiger partial charge is 0.241 e. The Kier molecular flexibility index (Phi) is 3.91. The van der Waals surface area contributed by atoms with Crippen LogP contribution in [0.3, 0.4) is 0 Å². The van der Waals surface area contributed by atoms with Gasteiger partial charge in [-0.2, -0.15) is 0 Å². The maximum absolute atomic E-state index is 6.15. The molecule has 2 heteroatoms. The van der Waals surface area contributed by atoms with Crippen molar-refractivity contribution in [1.29, 1.82) is 0 Å². The van der Waals surface area contributed by atoms with Gasteiger partial charge >= 0.3 is 0 Å². The van der Waals surface area contributed by atoms with Crippen LogP contribution in [0.15, 0.2) is 36.1 Å². The summed E-state index contributed by atoms with van der Waals surface area (Å²) < 4.78 is 6.15. The second kappa shape index (κ2) is 5.16. The van der Waals surface area contributed by atoms with Crippen LogP contribution >= 0.6 is 0 Å². The van der Waals surface area contributed by atoms with Gasteiger partial charge in [-0.3, -0.25) is 0 Å². The maximum Gasteiger partial charge on any atom is 0.241 e. The number of hydrogen-bond donors (Lipinski definition) is 0. The molecule has 1 aliphatic rings. The van der Waals surface area contributed by atoms with Crippen molar-refractivity contribution in [3.8, 4) is 0 Å². The molecule has 0 aromatic heterocycles. The highest BCUT2D eigenvalue weighted by Crippen LogP contribution is 2.39. The minimum atomic E-state index is -1.45. The molecule has 0 fully saturated rings. The fourth-order valence-corrected chi connectivity index (χ4v) is 3.67. The molecule has 0 N–H and O–H groups in total. The maximum atomic E-state index is 6.15. The Bertz CT molecular complexity index is 467. The lowest BCUT2D eigenvalue weighted by molar-refractivity contribution is 0.396. The van der Waals surface area contributed by atoms with Crippen LogP contribution in [0, 0.1) is 12.3 Å². The summed E-state index contributed by atoms with van der Waals surface area (Å²) in [6.07, 6.45) is 5.81. The summed E-state index contributed by atoms with van der Waals surface area (Å²) in [5.74, 6) is 1.23. The molecule has 0 saturated heterocycles. The molecule has 1 unspecified atom stereocenters. The quantitative estimate of drug-likeness (QED) is 0.696. The Morgan fingerprint density at radius 2 is 1.79 bits per heavy atom. The molecule has 0 saturated carbocycles. The van der Waals surface area contributed by atoms with Crippen LogP contribution in [-0.4, -0.2) is 8.32 Å². The van der Waals surface area contributed by atoms with Crippen LogP contribution < -0.4 is 0 Å². The van der Waals surface area contributed by atoms with Gasteiger partial charge in [0.15, 0.2) is 0 Å². The predicted molar refractivity (Wildman–Crippen MR) is 84.7 cm³/mol. The van der Waals surface area contributed by atoms with E-state index in [1.165, 1.54) is 23.3 Å². The zero-order chi connectivity index (χ0) is 14.1. The van der Waals surface area contributed by atoms with Crippen LogP contribution in [-0.2, 0) is 10.8 Å². The van der Waals surface area contributed by atoms with Crippen molar-refractivity contribution in [2.75, 3.05) is 0 Å². The van der Waals surface area contributed by atoms with E-state index in [-0.39, 0.29) is 5.41 Å². The number of allylic oxidation sites excluding steroid dienone is 2. The monoisotopic (exact) mass is 274 g/mol. The summed E-state index contributed by atoms with van der Waals surface area (Å²) in [5, 5.41) is 0. The third-order valence-corrected chi connectivity index (χ3v) is 4.49. The lowest BCUT2D eigenvalue weighted by atomic mass is 9.83. The molecule has 1 nitrogen and oxygen atoms in total. The largest absolute Gasteiger partial charge is 0.548 e. The van der Waals surface area contributed by atoms with E-state index in [1.807, 2.05) is 0 Å². The average Bonchev–Trinajstić information content (AvgIpc) is 2.61. The van der Waals surface area contributed by atoms with Crippen molar-refractivity contribution < 1.29 is 4.43 Å². The number of benzene rings is 1. The van der Waals surface area contributed by atoms with Gasteiger partial charge in [0, 0.05) is 6.42 Å². The molecule has 2 rings (SSSR count). The number of aryl methyl sites for hydroxylation is 1. The van der Waals surface area contributed by atoms with Crippen LogP contribution in [0.1, 0.15) is 30.9 Å². The Morgan fingerprint density at radius 1 is 1.16 bits per heavy atom. The summed E-state index contributed by atoms with van der Waals surface area (Å²) >= 11 is 0. The second-order valence-electron chi connectivity index (χ2n) is 7.14. The molecule has 0 radical (unpaired) electrons. The van der Waals surface area contributed by atoms with Crippen molar-refractivity contribution in [2.45, 2.75) is 52.8 Å². The molecule has 0 bridgehead atoms. The van der Waals surface area contributed by atoms with E-state index in [0.717, 1.165) is 12.8 Å². The van der Waals surface area contributed by atoms with Crippen LogP contribution in [0.4, 0.5) is 0 Å². The van der Waals surface area contributed by atoms with Gasteiger partial charge in [-0.1, -0.05) is 36.8 Å². The Morgan fingerprint density at radius 3 is 2.37 bits per heavy atom. The fourth-order valence-electron chi connectivity index (χ4n) is 2.73. The van der Waals surface area contributed by atoms with Gasteiger partial charge in [0.25, 0.3) is 0 Å². The summed E-state index contributed by atoms with van der Waals surface area (Å²) in [7, 11) is -1.45. The van der Waals surface area contributed by atoms with Crippen LogP contribution in [0.25, 0.3) is 0 Å². The zero-order valence-electron chi connectivity index (χ0n) is 12.9. The van der Waals surface area contributed by atoms with E-state index in [2.05, 4.69) is 63.8 Å². The normalized spacial score (nSPS) is 23.3. The molecular weight excluding hydrogens is 248 g/mol. The third-order valence-electron chi connectivity index (χ3n) is 3.62. The first-order valence-electron chi connectivity index (χ1n) is 7.22. The van der Waals surface area contributed by atoms with Crippen molar-refractivity contribution >= 4 is 8.32 Å². The molecule has 104 valence electrons. The Labute approximate surface area is 118 Å².